The molecule has 12 heteroatoms. The second-order valence-electron chi connectivity index (χ2n) is 18.6. The Morgan fingerprint density at radius 3 is 1.96 bits per heavy atom. The molecular weight excluding hydrogens is 720 g/mol. The van der Waals surface area contributed by atoms with Crippen molar-refractivity contribution in [1.82, 2.24) is 0 Å². The molecule has 56 heavy (non-hydrogen) atoms. The van der Waals surface area contributed by atoms with Gasteiger partial charge in [-0.1, -0.05) is 65.5 Å². The maximum Gasteiger partial charge on any atom is 0.303 e. The molecule has 1 heterocycles. The van der Waals surface area contributed by atoms with Crippen molar-refractivity contribution in [3.05, 3.63) is 11.6 Å². The lowest BCUT2D eigenvalue weighted by atomic mass is 9.47. The number of hydrogen-bond donors (Lipinski definition) is 0. The van der Waals surface area contributed by atoms with Gasteiger partial charge in [0, 0.05) is 34.6 Å². The zero-order valence-corrected chi connectivity index (χ0v) is 35.5. The molecule has 1 saturated heterocycles. The minimum atomic E-state index is -1.88. The summed E-state index contributed by atoms with van der Waals surface area (Å²) in [5.41, 5.74) is -0.0962. The summed E-state index contributed by atoms with van der Waals surface area (Å²) in [7, 11) is 0. The van der Waals surface area contributed by atoms with Crippen molar-refractivity contribution in [2.24, 2.45) is 46.3 Å². The van der Waals surface area contributed by atoms with Crippen LogP contribution in [0, 0.1) is 46.3 Å². The van der Waals surface area contributed by atoms with E-state index in [1.165, 1.54) is 78.2 Å². The molecule has 0 unspecified atom stereocenters. The lowest BCUT2D eigenvalue weighted by Gasteiger charge is -2.59. The highest BCUT2D eigenvalue weighted by atomic mass is 16.8. The SMILES string of the molecule is CC(=O)OCC1(COC(C)=O)O[C@H](O[C@H]2CC[C@@]3(C)C(=CC[C@H]4[C@@H]5CC[C@H]([C@H](C)CCCC(C)C)[C@@]5(C)CC[C@@H]43)C2)[C@H](OC(C)=O)[C@@H](OC(C)=O)[C@H]1OC(C)=O. The van der Waals surface area contributed by atoms with Crippen molar-refractivity contribution in [2.75, 3.05) is 13.2 Å². The fraction of sp³-hybridized carbons (Fsp3) is 0.841. The molecule has 316 valence electrons. The molecule has 4 fully saturated rings. The smallest absolute Gasteiger partial charge is 0.303 e. The van der Waals surface area contributed by atoms with E-state index >= 15 is 0 Å². The predicted molar refractivity (Wildman–Crippen MR) is 205 cm³/mol. The van der Waals surface area contributed by atoms with Gasteiger partial charge in [0.15, 0.2) is 30.2 Å². The average Bonchev–Trinajstić information content (AvgIpc) is 3.46. The van der Waals surface area contributed by atoms with Gasteiger partial charge in [-0.05, 0) is 97.7 Å². The van der Waals surface area contributed by atoms with Crippen molar-refractivity contribution in [3.63, 3.8) is 0 Å². The summed E-state index contributed by atoms with van der Waals surface area (Å²) in [5.74, 6) is 0.668. The van der Waals surface area contributed by atoms with Crippen LogP contribution in [0.4, 0.5) is 0 Å². The molecule has 0 spiro atoms. The first-order valence-corrected chi connectivity index (χ1v) is 21.1. The predicted octanol–water partition coefficient (Wildman–Crippen LogP) is 7.43. The molecule has 0 aromatic rings. The van der Waals surface area contributed by atoms with Crippen LogP contribution in [0.5, 0.6) is 0 Å². The molecule has 5 aliphatic rings. The third kappa shape index (κ3) is 9.48. The Kier molecular flexibility index (Phi) is 14.1. The average molecular weight is 789 g/mol. The van der Waals surface area contributed by atoms with Crippen LogP contribution in [0.1, 0.15) is 140 Å². The van der Waals surface area contributed by atoms with Gasteiger partial charge in [0.25, 0.3) is 0 Å². The Labute approximate surface area is 333 Å². The van der Waals surface area contributed by atoms with Crippen molar-refractivity contribution >= 4 is 29.8 Å². The van der Waals surface area contributed by atoms with Gasteiger partial charge in [0.05, 0.1) is 6.10 Å². The van der Waals surface area contributed by atoms with Crippen LogP contribution in [0.3, 0.4) is 0 Å². The van der Waals surface area contributed by atoms with E-state index in [9.17, 15) is 24.0 Å². The third-order valence-electron chi connectivity index (χ3n) is 14.3. The fourth-order valence-electron chi connectivity index (χ4n) is 11.8. The highest BCUT2D eigenvalue weighted by molar-refractivity contribution is 5.69. The van der Waals surface area contributed by atoms with Gasteiger partial charge in [-0.2, -0.15) is 0 Å². The van der Waals surface area contributed by atoms with E-state index in [2.05, 4.69) is 40.7 Å². The van der Waals surface area contributed by atoms with Gasteiger partial charge >= 0.3 is 29.8 Å². The zero-order chi connectivity index (χ0) is 41.2. The topological polar surface area (TPSA) is 150 Å². The molecule has 0 N–H and O–H groups in total. The molecule has 12 atom stereocenters. The first-order chi connectivity index (χ1) is 26.3. The normalized spacial score (nSPS) is 36.5. The van der Waals surface area contributed by atoms with E-state index in [0.29, 0.717) is 30.1 Å². The highest BCUT2D eigenvalue weighted by Crippen LogP contribution is 2.67. The molecule has 5 rings (SSSR count). The Bertz CT molecular complexity index is 1470. The number of fused-ring (bicyclic) bond motifs is 5. The lowest BCUT2D eigenvalue weighted by Crippen LogP contribution is -2.71. The van der Waals surface area contributed by atoms with Gasteiger partial charge in [-0.25, -0.2) is 0 Å². The molecule has 1 aliphatic heterocycles. The second-order valence-corrected chi connectivity index (χ2v) is 18.6. The highest BCUT2D eigenvalue weighted by Gasteiger charge is 2.63. The number of esters is 5. The van der Waals surface area contributed by atoms with Crippen LogP contribution in [0.25, 0.3) is 0 Å². The summed E-state index contributed by atoms with van der Waals surface area (Å²) in [6, 6.07) is 0. The molecule has 0 amide bonds. The van der Waals surface area contributed by atoms with Crippen LogP contribution < -0.4 is 0 Å². The minimum Gasteiger partial charge on any atom is -0.462 e. The van der Waals surface area contributed by atoms with Gasteiger partial charge in [-0.3, -0.25) is 24.0 Å². The summed E-state index contributed by atoms with van der Waals surface area (Å²) >= 11 is 0. The molecule has 0 aromatic heterocycles. The van der Waals surface area contributed by atoms with Gasteiger partial charge in [-0.15, -0.1) is 0 Å². The maximum atomic E-state index is 12.6. The standard InChI is InChI=1S/C44H68O12/c1-25(2)12-11-13-26(3)35-16-17-36-34-15-14-32-22-33(18-20-42(32,9)37(34)19-21-43(35,36)10)55-41-39(53-30(7)48)38(52-29(6)47)40(54-31(8)49)44(56-41,23-50-27(4)45)24-51-28(5)46/h14,25-26,33-41H,11-13,15-24H2,1-10H3/t26-,33+,34+,35-,36+,37+,38-,39-,40-,41+,42+,43-/m1/s1. The van der Waals surface area contributed by atoms with E-state index in [-0.39, 0.29) is 11.5 Å². The van der Waals surface area contributed by atoms with Gasteiger partial charge in [0.1, 0.15) is 13.2 Å². The Hall–Kier alpha value is -2.99. The van der Waals surface area contributed by atoms with Crippen molar-refractivity contribution in [1.29, 1.82) is 0 Å². The fourth-order valence-corrected chi connectivity index (χ4v) is 11.8. The Balaban J connectivity index is 1.40. The number of allylic oxidation sites excluding steroid dienone is 1. The van der Waals surface area contributed by atoms with Crippen molar-refractivity contribution in [2.45, 2.75) is 176 Å². The molecule has 0 radical (unpaired) electrons. The molecule has 4 aliphatic carbocycles. The van der Waals surface area contributed by atoms with E-state index in [4.69, 9.17) is 33.2 Å². The molecule has 3 saturated carbocycles. The molecular formula is C44H68O12. The van der Waals surface area contributed by atoms with Crippen LogP contribution in [-0.4, -0.2) is 79.4 Å². The molecule has 12 nitrogen and oxygen atoms in total. The van der Waals surface area contributed by atoms with Crippen LogP contribution in [0.15, 0.2) is 11.6 Å². The van der Waals surface area contributed by atoms with E-state index in [0.717, 1.165) is 43.4 Å². The Morgan fingerprint density at radius 2 is 1.38 bits per heavy atom. The van der Waals surface area contributed by atoms with E-state index in [1.807, 2.05) is 0 Å². The van der Waals surface area contributed by atoms with Crippen molar-refractivity contribution in [3.8, 4) is 0 Å². The summed E-state index contributed by atoms with van der Waals surface area (Å²) < 4.78 is 41.2. The number of rotatable bonds is 14. The maximum absolute atomic E-state index is 12.6. The number of carbonyl (C=O) groups excluding carboxylic acids is 5. The molecule has 0 bridgehead atoms. The zero-order valence-electron chi connectivity index (χ0n) is 35.5. The first-order valence-electron chi connectivity index (χ1n) is 21.1. The summed E-state index contributed by atoms with van der Waals surface area (Å²) in [6.45, 7) is 17.0. The first kappa shape index (κ1) is 44.1. The van der Waals surface area contributed by atoms with E-state index in [1.54, 1.807) is 0 Å². The lowest BCUT2D eigenvalue weighted by molar-refractivity contribution is -0.355. The Morgan fingerprint density at radius 1 is 0.750 bits per heavy atom. The van der Waals surface area contributed by atoms with Crippen LogP contribution >= 0.6 is 0 Å². The third-order valence-corrected chi connectivity index (χ3v) is 14.3. The van der Waals surface area contributed by atoms with E-state index < -0.39 is 73.3 Å². The quantitative estimate of drug-likeness (QED) is 0.0979. The monoisotopic (exact) mass is 788 g/mol. The van der Waals surface area contributed by atoms with Crippen molar-refractivity contribution < 1.29 is 57.1 Å². The van der Waals surface area contributed by atoms with Crippen LogP contribution in [-0.2, 0) is 57.1 Å². The van der Waals surface area contributed by atoms with Gasteiger partial charge < -0.3 is 33.2 Å². The summed E-state index contributed by atoms with van der Waals surface area (Å²) in [5, 5.41) is 0. The number of ether oxygens (including phenoxy) is 7. The van der Waals surface area contributed by atoms with Crippen LogP contribution in [0.2, 0.25) is 0 Å². The number of carbonyl (C=O) groups is 5. The molecule has 0 aromatic carbocycles. The number of hydrogen-bond acceptors (Lipinski definition) is 12. The minimum absolute atomic E-state index is 0.0306. The summed E-state index contributed by atoms with van der Waals surface area (Å²) in [6.07, 6.45) is 8.78. The van der Waals surface area contributed by atoms with Gasteiger partial charge in [0.2, 0.25) is 0 Å². The second kappa shape index (κ2) is 17.9. The largest absolute Gasteiger partial charge is 0.462 e. The summed E-state index contributed by atoms with van der Waals surface area (Å²) in [4.78, 5) is 61.9.